The Labute approximate surface area is 194 Å². The molecule has 0 radical (unpaired) electrons. The van der Waals surface area contributed by atoms with E-state index < -0.39 is 11.7 Å². The highest BCUT2D eigenvalue weighted by atomic mass is 32.1. The van der Waals surface area contributed by atoms with Crippen LogP contribution in [0.4, 0.5) is 4.79 Å². The number of carbonyl (C=O) groups excluding carboxylic acids is 3. The van der Waals surface area contributed by atoms with E-state index in [1.807, 2.05) is 11.8 Å². The molecule has 178 valence electrons. The summed E-state index contributed by atoms with van der Waals surface area (Å²) in [4.78, 5) is 42.9. The van der Waals surface area contributed by atoms with Crippen LogP contribution in [0.15, 0.2) is 11.4 Å². The second-order valence-electron chi connectivity index (χ2n) is 9.61. The number of nitrogens with zero attached hydrogens (tertiary/aromatic N) is 2. The summed E-state index contributed by atoms with van der Waals surface area (Å²) in [7, 11) is 0. The highest BCUT2D eigenvalue weighted by Crippen LogP contribution is 2.26. The van der Waals surface area contributed by atoms with Gasteiger partial charge in [-0.25, -0.2) is 4.79 Å². The second kappa shape index (κ2) is 10.7. The first-order chi connectivity index (χ1) is 15.1. The Morgan fingerprint density at radius 3 is 2.72 bits per heavy atom. The summed E-state index contributed by atoms with van der Waals surface area (Å²) in [5.74, 6) is -0.0314. The van der Waals surface area contributed by atoms with Crippen LogP contribution in [-0.4, -0.2) is 72.1 Å². The fourth-order valence-corrected chi connectivity index (χ4v) is 5.13. The Bertz CT molecular complexity index is 819. The van der Waals surface area contributed by atoms with E-state index >= 15 is 0 Å². The Morgan fingerprint density at radius 2 is 1.97 bits per heavy atom. The SMILES string of the molecule is CC(C(=O)N1CCc2sccc2C1)N1CCCC(C(=O)NCCNC(=O)OC(C)(C)C)C1. The normalized spacial score (nSPS) is 20.2. The van der Waals surface area contributed by atoms with Gasteiger partial charge in [0.15, 0.2) is 0 Å². The Hall–Kier alpha value is -2.13. The van der Waals surface area contributed by atoms with Crippen molar-refractivity contribution in [2.45, 2.75) is 65.1 Å². The summed E-state index contributed by atoms with van der Waals surface area (Å²) in [5.41, 5.74) is 0.713. The van der Waals surface area contributed by atoms with Crippen molar-refractivity contribution in [1.29, 1.82) is 0 Å². The van der Waals surface area contributed by atoms with Gasteiger partial charge in [0, 0.05) is 37.6 Å². The average molecular weight is 465 g/mol. The highest BCUT2D eigenvalue weighted by molar-refractivity contribution is 7.10. The summed E-state index contributed by atoms with van der Waals surface area (Å²) in [6, 6.07) is 1.88. The summed E-state index contributed by atoms with van der Waals surface area (Å²) in [5, 5.41) is 7.64. The van der Waals surface area contributed by atoms with Crippen molar-refractivity contribution in [3.63, 3.8) is 0 Å². The fraction of sp³-hybridized carbons (Fsp3) is 0.696. The number of hydrogen-bond acceptors (Lipinski definition) is 6. The maximum Gasteiger partial charge on any atom is 0.407 e. The van der Waals surface area contributed by atoms with E-state index in [2.05, 4.69) is 27.0 Å². The van der Waals surface area contributed by atoms with Gasteiger partial charge in [-0.1, -0.05) is 0 Å². The minimum Gasteiger partial charge on any atom is -0.444 e. The summed E-state index contributed by atoms with van der Waals surface area (Å²) in [6.07, 6.45) is 2.13. The minimum atomic E-state index is -0.548. The number of thiophene rings is 1. The van der Waals surface area contributed by atoms with Crippen LogP contribution in [0, 0.1) is 5.92 Å². The lowest BCUT2D eigenvalue weighted by atomic mass is 9.95. The maximum absolute atomic E-state index is 13.1. The minimum absolute atomic E-state index is 0.0266. The van der Waals surface area contributed by atoms with Crippen molar-refractivity contribution in [2.75, 3.05) is 32.7 Å². The summed E-state index contributed by atoms with van der Waals surface area (Å²) in [6.45, 7) is 10.9. The quantitative estimate of drug-likeness (QED) is 0.631. The number of piperidine rings is 1. The van der Waals surface area contributed by atoms with E-state index in [1.54, 1.807) is 32.1 Å². The lowest BCUT2D eigenvalue weighted by Gasteiger charge is -2.38. The Morgan fingerprint density at radius 1 is 1.22 bits per heavy atom. The van der Waals surface area contributed by atoms with E-state index in [0.717, 1.165) is 32.4 Å². The monoisotopic (exact) mass is 464 g/mol. The van der Waals surface area contributed by atoms with Gasteiger partial charge in [0.1, 0.15) is 5.60 Å². The molecule has 1 aromatic rings. The largest absolute Gasteiger partial charge is 0.444 e. The molecule has 1 saturated heterocycles. The fourth-order valence-electron chi connectivity index (χ4n) is 4.24. The van der Waals surface area contributed by atoms with Crippen LogP contribution in [0.5, 0.6) is 0 Å². The van der Waals surface area contributed by atoms with E-state index in [0.29, 0.717) is 26.2 Å². The van der Waals surface area contributed by atoms with Crippen LogP contribution in [0.3, 0.4) is 0 Å². The van der Waals surface area contributed by atoms with Gasteiger partial charge in [-0.3, -0.25) is 14.5 Å². The van der Waals surface area contributed by atoms with Crippen molar-refractivity contribution >= 4 is 29.2 Å². The molecule has 1 fully saturated rings. The van der Waals surface area contributed by atoms with Crippen molar-refractivity contribution in [3.8, 4) is 0 Å². The zero-order valence-electron chi connectivity index (χ0n) is 19.6. The summed E-state index contributed by atoms with van der Waals surface area (Å²) < 4.78 is 5.18. The van der Waals surface area contributed by atoms with Crippen molar-refractivity contribution < 1.29 is 19.1 Å². The average Bonchev–Trinajstić information content (AvgIpc) is 3.22. The van der Waals surface area contributed by atoms with Crippen LogP contribution in [-0.2, 0) is 27.3 Å². The number of amides is 3. The van der Waals surface area contributed by atoms with Crippen LogP contribution < -0.4 is 10.6 Å². The zero-order valence-corrected chi connectivity index (χ0v) is 20.4. The third kappa shape index (κ3) is 6.68. The zero-order chi connectivity index (χ0) is 23.3. The molecule has 8 nitrogen and oxygen atoms in total. The van der Waals surface area contributed by atoms with Gasteiger partial charge in [-0.2, -0.15) is 0 Å². The van der Waals surface area contributed by atoms with Gasteiger partial charge in [0.25, 0.3) is 0 Å². The van der Waals surface area contributed by atoms with E-state index in [9.17, 15) is 14.4 Å². The molecule has 0 saturated carbocycles. The van der Waals surface area contributed by atoms with Gasteiger partial charge in [0.2, 0.25) is 11.8 Å². The number of hydrogen-bond donors (Lipinski definition) is 2. The van der Waals surface area contributed by atoms with Gasteiger partial charge >= 0.3 is 6.09 Å². The molecule has 1 aromatic heterocycles. The second-order valence-corrected chi connectivity index (χ2v) is 10.6. The topological polar surface area (TPSA) is 91.0 Å². The lowest BCUT2D eigenvalue weighted by molar-refractivity contribution is -0.139. The van der Waals surface area contributed by atoms with E-state index in [-0.39, 0.29) is 23.8 Å². The first-order valence-corrected chi connectivity index (χ1v) is 12.3. The molecule has 2 aliphatic rings. The van der Waals surface area contributed by atoms with Crippen LogP contribution in [0.1, 0.15) is 51.0 Å². The number of alkyl carbamates (subject to hydrolysis) is 1. The van der Waals surface area contributed by atoms with Gasteiger partial charge in [0.05, 0.1) is 12.0 Å². The first kappa shape index (κ1) is 24.5. The van der Waals surface area contributed by atoms with Crippen LogP contribution in [0.25, 0.3) is 0 Å². The van der Waals surface area contributed by atoms with E-state index in [4.69, 9.17) is 4.74 Å². The molecule has 3 rings (SSSR count). The number of likely N-dealkylation sites (tertiary alicyclic amines) is 1. The molecule has 0 bridgehead atoms. The number of nitrogens with one attached hydrogen (secondary N) is 2. The van der Waals surface area contributed by atoms with Crippen molar-refractivity contribution in [3.05, 3.63) is 21.9 Å². The predicted molar refractivity (Wildman–Crippen MR) is 124 cm³/mol. The number of carbonyl (C=O) groups is 3. The van der Waals surface area contributed by atoms with Crippen LogP contribution >= 0.6 is 11.3 Å². The standard InChI is InChI=1S/C23H36N4O4S/c1-16(21(29)27-12-7-19-17(14-27)8-13-32-19)26-11-5-6-18(15-26)20(28)24-9-10-25-22(30)31-23(2,3)4/h8,13,16,18H,5-7,9-12,14-15H2,1-4H3,(H,24,28)(H,25,30). The third-order valence-corrected chi connectivity index (χ3v) is 6.96. The Balaban J connectivity index is 1.42. The predicted octanol–water partition coefficient (Wildman–Crippen LogP) is 2.37. The maximum atomic E-state index is 13.1. The van der Waals surface area contributed by atoms with Crippen molar-refractivity contribution in [2.24, 2.45) is 5.92 Å². The smallest absolute Gasteiger partial charge is 0.407 e. The summed E-state index contributed by atoms with van der Waals surface area (Å²) >= 11 is 1.77. The van der Waals surface area contributed by atoms with Gasteiger partial charge in [-0.15, -0.1) is 11.3 Å². The lowest BCUT2D eigenvalue weighted by Crippen LogP contribution is -2.53. The molecule has 3 heterocycles. The molecule has 0 spiro atoms. The number of ether oxygens (including phenoxy) is 1. The van der Waals surface area contributed by atoms with E-state index in [1.165, 1.54) is 10.4 Å². The third-order valence-electron chi connectivity index (χ3n) is 5.94. The van der Waals surface area contributed by atoms with Gasteiger partial charge in [-0.05, 0) is 70.5 Å². The van der Waals surface area contributed by atoms with Crippen LogP contribution in [0.2, 0.25) is 0 Å². The molecular formula is C23H36N4O4S. The molecule has 0 aliphatic carbocycles. The molecule has 2 aliphatic heterocycles. The molecule has 2 unspecified atom stereocenters. The number of fused-ring (bicyclic) bond motifs is 1. The molecule has 2 atom stereocenters. The molecule has 9 heteroatoms. The molecule has 2 N–H and O–H groups in total. The molecular weight excluding hydrogens is 428 g/mol. The molecule has 3 amide bonds. The van der Waals surface area contributed by atoms with Crippen molar-refractivity contribution in [1.82, 2.24) is 20.4 Å². The highest BCUT2D eigenvalue weighted by Gasteiger charge is 2.33. The number of rotatable bonds is 6. The first-order valence-electron chi connectivity index (χ1n) is 11.5. The van der Waals surface area contributed by atoms with Gasteiger partial charge < -0.3 is 20.3 Å². The molecule has 0 aromatic carbocycles. The Kier molecular flexibility index (Phi) is 8.16. The molecule has 32 heavy (non-hydrogen) atoms.